The van der Waals surface area contributed by atoms with Crippen molar-refractivity contribution in [2.75, 3.05) is 0 Å². The van der Waals surface area contributed by atoms with Gasteiger partial charge in [0.1, 0.15) is 10.7 Å². The van der Waals surface area contributed by atoms with Gasteiger partial charge in [-0.25, -0.2) is 4.98 Å². The molecule has 9 heteroatoms. The maximum Gasteiger partial charge on any atom is 0.259 e. The Bertz CT molecular complexity index is 1540. The van der Waals surface area contributed by atoms with Gasteiger partial charge in [-0.3, -0.25) is 14.3 Å². The van der Waals surface area contributed by atoms with Crippen molar-refractivity contribution in [2.45, 2.75) is 37.1 Å². The van der Waals surface area contributed by atoms with Crippen molar-refractivity contribution in [1.82, 2.24) is 29.7 Å². The zero-order chi connectivity index (χ0) is 22.4. The average molecular weight is 473 g/mol. The van der Waals surface area contributed by atoms with E-state index in [1.165, 1.54) is 22.2 Å². The predicted octanol–water partition coefficient (Wildman–Crippen LogP) is 4.72. The topological polar surface area (TPSA) is 89.4 Å². The van der Waals surface area contributed by atoms with Crippen molar-refractivity contribution >= 4 is 33.3 Å². The van der Waals surface area contributed by atoms with E-state index >= 15 is 0 Å². The highest BCUT2D eigenvalue weighted by molar-refractivity contribution is 7.98. The van der Waals surface area contributed by atoms with Crippen LogP contribution in [0.5, 0.6) is 0 Å². The zero-order valence-electron chi connectivity index (χ0n) is 17.9. The van der Waals surface area contributed by atoms with Crippen molar-refractivity contribution in [3.05, 3.63) is 81.0 Å². The number of nitrogens with zero attached hydrogens (tertiary/aromatic N) is 5. The molecule has 1 aliphatic rings. The molecule has 1 aliphatic carbocycles. The number of nitrogens with one attached hydrogen (secondary N) is 1. The number of fused-ring (bicyclic) bond motifs is 3. The van der Waals surface area contributed by atoms with Crippen LogP contribution in [0.4, 0.5) is 0 Å². The first-order chi connectivity index (χ1) is 16.2. The molecular formula is C24H20N6OS2. The lowest BCUT2D eigenvalue weighted by molar-refractivity contribution is 0.877. The number of aromatic nitrogens is 6. The van der Waals surface area contributed by atoms with E-state index in [0.717, 1.165) is 57.3 Å². The van der Waals surface area contributed by atoms with Gasteiger partial charge in [0, 0.05) is 22.8 Å². The van der Waals surface area contributed by atoms with Crippen LogP contribution in [0.15, 0.2) is 58.7 Å². The van der Waals surface area contributed by atoms with Crippen molar-refractivity contribution in [3.8, 4) is 17.1 Å². The second-order valence-electron chi connectivity index (χ2n) is 8.01. The van der Waals surface area contributed by atoms with E-state index in [-0.39, 0.29) is 5.56 Å². The number of rotatable bonds is 5. The Labute approximate surface area is 198 Å². The molecule has 4 aromatic heterocycles. The van der Waals surface area contributed by atoms with Crippen LogP contribution >= 0.6 is 23.1 Å². The van der Waals surface area contributed by atoms with Gasteiger partial charge in [0.25, 0.3) is 5.56 Å². The van der Waals surface area contributed by atoms with Gasteiger partial charge in [0.05, 0.1) is 16.8 Å². The maximum atomic E-state index is 12.8. The molecule has 0 fully saturated rings. The smallest absolute Gasteiger partial charge is 0.259 e. The summed E-state index contributed by atoms with van der Waals surface area (Å²) in [5, 5.41) is 10.5. The van der Waals surface area contributed by atoms with Crippen LogP contribution in [0.3, 0.4) is 0 Å². The Morgan fingerprint density at radius 2 is 2.06 bits per heavy atom. The summed E-state index contributed by atoms with van der Waals surface area (Å²) in [6, 6.07) is 12.0. The summed E-state index contributed by atoms with van der Waals surface area (Å²) in [6.07, 6.45) is 6.69. The molecule has 0 spiro atoms. The van der Waals surface area contributed by atoms with E-state index in [0.29, 0.717) is 11.6 Å². The van der Waals surface area contributed by atoms with Gasteiger partial charge >= 0.3 is 0 Å². The summed E-state index contributed by atoms with van der Waals surface area (Å²) in [5.74, 6) is 1.87. The van der Waals surface area contributed by atoms with E-state index in [2.05, 4.69) is 39.2 Å². The van der Waals surface area contributed by atoms with Crippen LogP contribution in [-0.4, -0.2) is 29.7 Å². The molecule has 7 nitrogen and oxygen atoms in total. The van der Waals surface area contributed by atoms with Gasteiger partial charge in [-0.15, -0.1) is 21.5 Å². The molecule has 33 heavy (non-hydrogen) atoms. The summed E-state index contributed by atoms with van der Waals surface area (Å²) in [6.45, 7) is 2.07. The molecule has 0 saturated carbocycles. The summed E-state index contributed by atoms with van der Waals surface area (Å²) in [4.78, 5) is 27.0. The minimum absolute atomic E-state index is 0.0357. The van der Waals surface area contributed by atoms with Crippen molar-refractivity contribution in [2.24, 2.45) is 0 Å². The molecule has 0 bridgehead atoms. The van der Waals surface area contributed by atoms with Gasteiger partial charge in [-0.2, -0.15) is 0 Å². The van der Waals surface area contributed by atoms with Crippen molar-refractivity contribution in [1.29, 1.82) is 0 Å². The highest BCUT2D eigenvalue weighted by Gasteiger charge is 2.22. The van der Waals surface area contributed by atoms with Crippen molar-refractivity contribution < 1.29 is 0 Å². The first kappa shape index (κ1) is 20.3. The van der Waals surface area contributed by atoms with Crippen LogP contribution in [-0.2, 0) is 18.6 Å². The largest absolute Gasteiger partial charge is 0.309 e. The molecule has 0 unspecified atom stereocenters. The molecule has 0 aliphatic heterocycles. The van der Waals surface area contributed by atoms with Crippen LogP contribution in [0.2, 0.25) is 0 Å². The van der Waals surface area contributed by atoms with E-state index < -0.39 is 0 Å². The molecule has 1 aromatic carbocycles. The number of H-pyrrole nitrogens is 1. The predicted molar refractivity (Wildman–Crippen MR) is 131 cm³/mol. The fourth-order valence-electron chi connectivity index (χ4n) is 4.33. The normalized spacial score (nSPS) is 13.0. The van der Waals surface area contributed by atoms with Gasteiger partial charge in [0.15, 0.2) is 11.0 Å². The Hall–Kier alpha value is -3.30. The van der Waals surface area contributed by atoms with Gasteiger partial charge in [-0.05, 0) is 55.5 Å². The molecule has 0 radical (unpaired) electrons. The maximum absolute atomic E-state index is 12.8. The van der Waals surface area contributed by atoms with Crippen molar-refractivity contribution in [3.63, 3.8) is 0 Å². The van der Waals surface area contributed by atoms with Crippen LogP contribution in [0, 0.1) is 6.92 Å². The van der Waals surface area contributed by atoms with Gasteiger partial charge in [0.2, 0.25) is 0 Å². The number of aryl methyl sites for hydroxylation is 3. The molecule has 0 atom stereocenters. The molecule has 4 heterocycles. The van der Waals surface area contributed by atoms with Crippen LogP contribution in [0.1, 0.15) is 28.2 Å². The van der Waals surface area contributed by atoms with E-state index in [4.69, 9.17) is 4.98 Å². The summed E-state index contributed by atoms with van der Waals surface area (Å²) < 4.78 is 2.05. The molecular weight excluding hydrogens is 452 g/mol. The van der Waals surface area contributed by atoms with E-state index in [1.54, 1.807) is 23.7 Å². The highest BCUT2D eigenvalue weighted by Crippen LogP contribution is 2.35. The Kier molecular flexibility index (Phi) is 5.07. The zero-order valence-corrected chi connectivity index (χ0v) is 19.5. The average Bonchev–Trinajstić information content (AvgIpc) is 3.53. The molecule has 6 rings (SSSR count). The van der Waals surface area contributed by atoms with E-state index in [9.17, 15) is 4.79 Å². The summed E-state index contributed by atoms with van der Waals surface area (Å²) in [7, 11) is 0. The fourth-order valence-corrected chi connectivity index (χ4v) is 6.42. The lowest BCUT2D eigenvalue weighted by atomic mass is 10.2. The SMILES string of the molecule is Cc1ccccc1-n1c(SCc2nc3sc4c(c3c(=O)[nH]2)CCC4)nnc1-c1cccnc1. The Morgan fingerprint density at radius 3 is 2.91 bits per heavy atom. The fraction of sp³-hybridized carbons (Fsp3) is 0.208. The van der Waals surface area contributed by atoms with Gasteiger partial charge < -0.3 is 4.98 Å². The molecule has 5 aromatic rings. The number of hydrogen-bond acceptors (Lipinski definition) is 7. The third-order valence-corrected chi connectivity index (χ3v) is 8.00. The first-order valence-electron chi connectivity index (χ1n) is 10.8. The Balaban J connectivity index is 1.38. The minimum atomic E-state index is -0.0357. The molecule has 164 valence electrons. The Morgan fingerprint density at radius 1 is 1.15 bits per heavy atom. The first-order valence-corrected chi connectivity index (χ1v) is 12.6. The minimum Gasteiger partial charge on any atom is -0.309 e. The second-order valence-corrected chi connectivity index (χ2v) is 10.0. The number of thiophene rings is 1. The number of benzene rings is 1. The second kappa shape index (κ2) is 8.24. The van der Waals surface area contributed by atoms with E-state index in [1.807, 2.05) is 28.8 Å². The lowest BCUT2D eigenvalue weighted by Gasteiger charge is -2.12. The molecule has 0 saturated heterocycles. The number of para-hydroxylation sites is 1. The summed E-state index contributed by atoms with van der Waals surface area (Å²) in [5.41, 5.74) is 4.18. The monoisotopic (exact) mass is 472 g/mol. The number of pyridine rings is 1. The van der Waals surface area contributed by atoms with Gasteiger partial charge in [-0.1, -0.05) is 30.0 Å². The number of thioether (sulfide) groups is 1. The highest BCUT2D eigenvalue weighted by atomic mass is 32.2. The number of aromatic amines is 1. The number of hydrogen-bond donors (Lipinski definition) is 1. The third-order valence-electron chi connectivity index (χ3n) is 5.87. The standard InChI is InChI=1S/C24H20N6OS2/c1-14-6-2-3-9-17(14)30-21(15-7-5-11-25-12-15)28-29-24(30)32-13-19-26-22(31)20-16-8-4-10-18(16)33-23(20)27-19/h2-3,5-7,9,11-12H,4,8,10,13H2,1H3,(H,26,27,31). The summed E-state index contributed by atoms with van der Waals surface area (Å²) >= 11 is 3.17. The molecule has 0 amide bonds. The lowest BCUT2D eigenvalue weighted by Crippen LogP contribution is -2.11. The third kappa shape index (κ3) is 3.57. The quantitative estimate of drug-likeness (QED) is 0.373. The molecule has 1 N–H and O–H groups in total. The van der Waals surface area contributed by atoms with Crippen LogP contribution in [0.25, 0.3) is 27.3 Å². The van der Waals surface area contributed by atoms with Crippen LogP contribution < -0.4 is 5.56 Å².